The second-order valence-electron chi connectivity index (χ2n) is 3.62. The summed E-state index contributed by atoms with van der Waals surface area (Å²) in [5.41, 5.74) is 0. The Kier molecular flexibility index (Phi) is 7.68. The Hall–Kier alpha value is -0.470. The number of rotatable bonds is 6. The minimum atomic E-state index is -0.429. The zero-order valence-corrected chi connectivity index (χ0v) is 13.9. The third kappa shape index (κ3) is 5.14. The number of nitrogens with zero attached hydrogens (tertiary/aromatic N) is 1. The number of hydrazine groups is 1. The number of alkyl halides is 1. The second-order valence-corrected chi connectivity index (χ2v) is 6.59. The summed E-state index contributed by atoms with van der Waals surface area (Å²) in [5.74, 6) is 6.12. The van der Waals surface area contributed by atoms with Crippen LogP contribution in [0.5, 0.6) is 0 Å². The number of methoxy groups -OCH3 is 1. The quantitative estimate of drug-likeness (QED) is 0.279. The van der Waals surface area contributed by atoms with Crippen LogP contribution in [0.25, 0.3) is 0 Å². The van der Waals surface area contributed by atoms with Crippen molar-refractivity contribution in [2.75, 3.05) is 25.3 Å². The number of hydrogen-bond donors (Lipinski definition) is 1. The Morgan fingerprint density at radius 3 is 2.85 bits per heavy atom. The lowest BCUT2D eigenvalue weighted by atomic mass is 10.3. The van der Waals surface area contributed by atoms with Gasteiger partial charge in [-0.05, 0) is 6.07 Å². The third-order valence-corrected chi connectivity index (χ3v) is 5.19. The number of ether oxygens (including phenoxy) is 1. The van der Waals surface area contributed by atoms with Crippen LogP contribution in [0.2, 0.25) is 5.02 Å². The average Bonchev–Trinajstić information content (AvgIpc) is 2.82. The summed E-state index contributed by atoms with van der Waals surface area (Å²) >= 11 is 13.8. The molecule has 0 bridgehead atoms. The van der Waals surface area contributed by atoms with Crippen molar-refractivity contribution in [2.24, 2.45) is 5.84 Å². The summed E-state index contributed by atoms with van der Waals surface area (Å²) < 4.78 is 4.62. The van der Waals surface area contributed by atoms with Gasteiger partial charge < -0.3 is 4.74 Å². The lowest BCUT2D eigenvalue weighted by Gasteiger charge is -2.15. The van der Waals surface area contributed by atoms with Gasteiger partial charge in [0.2, 0.25) is 0 Å². The molecule has 0 aliphatic carbocycles. The highest BCUT2D eigenvalue weighted by atomic mass is 35.5. The Morgan fingerprint density at radius 2 is 2.25 bits per heavy atom. The molecular formula is C11H14Cl2N2O3S2. The lowest BCUT2D eigenvalue weighted by Crippen LogP contribution is -2.36. The smallest absolute Gasteiger partial charge is 0.348 e. The minimum absolute atomic E-state index is 0.244. The number of hydrogen-bond acceptors (Lipinski definition) is 6. The van der Waals surface area contributed by atoms with Crippen LogP contribution in [0.1, 0.15) is 14.5 Å². The molecule has 112 valence electrons. The van der Waals surface area contributed by atoms with Crippen molar-refractivity contribution >= 4 is 57.5 Å². The number of thiophene rings is 1. The summed E-state index contributed by atoms with van der Waals surface area (Å²) in [5, 5.41) is 1.35. The zero-order chi connectivity index (χ0) is 15.1. The number of halogens is 2. The van der Waals surface area contributed by atoms with E-state index in [2.05, 4.69) is 4.74 Å². The number of carbonyl (C=O) groups is 2. The van der Waals surface area contributed by atoms with Gasteiger partial charge in [-0.25, -0.2) is 10.6 Å². The maximum Gasteiger partial charge on any atom is 0.348 e. The molecule has 0 fully saturated rings. The van der Waals surface area contributed by atoms with Crippen LogP contribution in [0.15, 0.2) is 6.07 Å². The molecule has 0 spiro atoms. The fraction of sp³-hybridized carbons (Fsp3) is 0.455. The third-order valence-electron chi connectivity index (χ3n) is 2.26. The van der Waals surface area contributed by atoms with Crippen LogP contribution < -0.4 is 5.84 Å². The predicted octanol–water partition coefficient (Wildman–Crippen LogP) is 3.00. The topological polar surface area (TPSA) is 72.6 Å². The van der Waals surface area contributed by atoms with Gasteiger partial charge >= 0.3 is 5.97 Å². The van der Waals surface area contributed by atoms with Crippen LogP contribution in [-0.2, 0) is 11.2 Å². The fourth-order valence-electron chi connectivity index (χ4n) is 1.30. The summed E-state index contributed by atoms with van der Waals surface area (Å²) in [7, 11) is 1.31. The van der Waals surface area contributed by atoms with Gasteiger partial charge in [0.15, 0.2) is 0 Å². The number of amides is 1. The first-order valence-electron chi connectivity index (χ1n) is 5.61. The Bertz CT molecular complexity index is 482. The van der Waals surface area contributed by atoms with E-state index in [1.807, 2.05) is 0 Å². The molecule has 5 nitrogen and oxygen atoms in total. The van der Waals surface area contributed by atoms with E-state index >= 15 is 0 Å². The Morgan fingerprint density at radius 1 is 1.55 bits per heavy atom. The van der Waals surface area contributed by atoms with Gasteiger partial charge in [-0.15, -0.1) is 22.9 Å². The van der Waals surface area contributed by atoms with Crippen molar-refractivity contribution in [3.63, 3.8) is 0 Å². The van der Waals surface area contributed by atoms with Gasteiger partial charge in [-0.3, -0.25) is 9.80 Å². The number of thioether (sulfide) groups is 1. The molecule has 0 atom stereocenters. The molecule has 0 unspecified atom stereocenters. The van der Waals surface area contributed by atoms with Crippen LogP contribution in [0.4, 0.5) is 4.79 Å². The maximum atomic E-state index is 11.6. The van der Waals surface area contributed by atoms with E-state index in [-0.39, 0.29) is 5.24 Å². The largest absolute Gasteiger partial charge is 0.465 e. The molecule has 0 aliphatic rings. The molecular weight excluding hydrogens is 343 g/mol. The number of esters is 1. The van der Waals surface area contributed by atoms with Gasteiger partial charge in [0.25, 0.3) is 5.24 Å². The van der Waals surface area contributed by atoms with Gasteiger partial charge in [-0.1, -0.05) is 23.4 Å². The lowest BCUT2D eigenvalue weighted by molar-refractivity contribution is 0.0606. The molecule has 20 heavy (non-hydrogen) atoms. The molecule has 1 rings (SSSR count). The highest BCUT2D eigenvalue weighted by Gasteiger charge is 2.16. The van der Waals surface area contributed by atoms with E-state index in [1.54, 1.807) is 6.07 Å². The SMILES string of the molecule is COC(=O)c1cc(Cl)c(CCN(N)C(=O)SCCCl)s1. The molecule has 9 heteroatoms. The number of carbonyl (C=O) groups excluding carboxylic acids is 2. The first kappa shape index (κ1) is 17.6. The Balaban J connectivity index is 2.55. The molecule has 0 radical (unpaired) electrons. The van der Waals surface area contributed by atoms with Crippen LogP contribution in [-0.4, -0.2) is 41.5 Å². The van der Waals surface area contributed by atoms with Gasteiger partial charge in [0.05, 0.1) is 12.1 Å². The summed E-state index contributed by atoms with van der Waals surface area (Å²) in [4.78, 5) is 24.2. The highest BCUT2D eigenvalue weighted by Crippen LogP contribution is 2.28. The van der Waals surface area contributed by atoms with Crippen LogP contribution in [0.3, 0.4) is 0 Å². The molecule has 0 saturated carbocycles. The predicted molar refractivity (Wildman–Crippen MR) is 83.8 cm³/mol. The molecule has 1 aromatic rings. The number of nitrogens with two attached hydrogens (primary N) is 1. The van der Waals surface area contributed by atoms with Crippen molar-refractivity contribution in [2.45, 2.75) is 6.42 Å². The summed E-state index contributed by atoms with van der Waals surface area (Å²) in [6.45, 7) is 0.314. The van der Waals surface area contributed by atoms with E-state index < -0.39 is 5.97 Å². The zero-order valence-electron chi connectivity index (χ0n) is 10.7. The monoisotopic (exact) mass is 356 g/mol. The van der Waals surface area contributed by atoms with Gasteiger partial charge in [0.1, 0.15) is 4.88 Å². The van der Waals surface area contributed by atoms with Gasteiger partial charge in [-0.2, -0.15) is 0 Å². The van der Waals surface area contributed by atoms with Crippen LogP contribution in [0, 0.1) is 0 Å². The summed E-state index contributed by atoms with van der Waals surface area (Å²) in [6, 6.07) is 1.55. The fourth-order valence-corrected chi connectivity index (χ4v) is 3.38. The maximum absolute atomic E-state index is 11.6. The average molecular weight is 357 g/mol. The van der Waals surface area contributed by atoms with E-state index in [1.165, 1.54) is 18.4 Å². The van der Waals surface area contributed by atoms with E-state index in [0.29, 0.717) is 34.5 Å². The van der Waals surface area contributed by atoms with Crippen LogP contribution >= 0.6 is 46.3 Å². The molecule has 0 saturated heterocycles. The van der Waals surface area contributed by atoms with Crippen molar-refractivity contribution in [3.05, 3.63) is 20.8 Å². The molecule has 0 aromatic carbocycles. The first-order valence-corrected chi connectivity index (χ1v) is 8.32. The van der Waals surface area contributed by atoms with Crippen molar-refractivity contribution in [1.29, 1.82) is 0 Å². The first-order chi connectivity index (χ1) is 9.49. The van der Waals surface area contributed by atoms with Gasteiger partial charge in [0, 0.05) is 29.5 Å². The molecule has 1 amide bonds. The molecule has 1 heterocycles. The standard InChI is InChI=1S/C11H14Cl2N2O3S2/c1-18-10(16)9-6-7(13)8(20-9)2-4-15(14)11(17)19-5-3-12/h6H,2-5,14H2,1H3. The normalized spacial score (nSPS) is 10.4. The van der Waals surface area contributed by atoms with E-state index in [4.69, 9.17) is 29.0 Å². The summed E-state index contributed by atoms with van der Waals surface area (Å²) in [6.07, 6.45) is 0.476. The second kappa shape index (κ2) is 8.74. The van der Waals surface area contributed by atoms with Crippen molar-refractivity contribution in [1.82, 2.24) is 5.01 Å². The minimum Gasteiger partial charge on any atom is -0.465 e. The Labute approximate surface area is 135 Å². The van der Waals surface area contributed by atoms with E-state index in [0.717, 1.165) is 21.6 Å². The highest BCUT2D eigenvalue weighted by molar-refractivity contribution is 8.13. The molecule has 0 aliphatic heterocycles. The molecule has 2 N–H and O–H groups in total. The van der Waals surface area contributed by atoms with E-state index in [9.17, 15) is 9.59 Å². The molecule has 1 aromatic heterocycles. The van der Waals surface area contributed by atoms with Crippen molar-refractivity contribution < 1.29 is 14.3 Å². The van der Waals surface area contributed by atoms with Crippen molar-refractivity contribution in [3.8, 4) is 0 Å².